The maximum absolute atomic E-state index is 5.39. The molecular formula is C46H50FeN4P2. The average molecular weight is 777 g/mol. The zero-order chi connectivity index (χ0) is 34.9. The second-order valence-corrected chi connectivity index (χ2v) is 50.2. The van der Waals surface area contributed by atoms with E-state index >= 15 is 0 Å². The van der Waals surface area contributed by atoms with E-state index in [1.54, 1.807) is 17.5 Å². The van der Waals surface area contributed by atoms with Gasteiger partial charge in [0.25, 0.3) is 0 Å². The van der Waals surface area contributed by atoms with Gasteiger partial charge in [-0.15, -0.1) is 0 Å². The van der Waals surface area contributed by atoms with Gasteiger partial charge in [0.15, 0.2) is 0 Å². The summed E-state index contributed by atoms with van der Waals surface area (Å²) in [6.45, 7) is 3.16. The molecule has 4 aromatic rings. The molecule has 1 spiro atoms. The van der Waals surface area contributed by atoms with E-state index in [1.807, 2.05) is 24.8 Å². The summed E-state index contributed by atoms with van der Waals surface area (Å²) in [5.74, 6) is 3.98. The van der Waals surface area contributed by atoms with E-state index in [4.69, 9.17) is 19.9 Å². The van der Waals surface area contributed by atoms with Crippen LogP contribution in [-0.2, 0) is 20.3 Å². The molecule has 14 aliphatic rings. The molecule has 0 radical (unpaired) electrons. The summed E-state index contributed by atoms with van der Waals surface area (Å²) < 4.78 is 1.40. The number of fused-ring (bicyclic) bond motifs is 10. The molecule has 4 bridgehead atoms. The average Bonchev–Trinajstić information content (AvgIpc) is 4.13. The van der Waals surface area contributed by atoms with Crippen LogP contribution in [0.25, 0.3) is 0 Å². The molecular weight excluding hydrogens is 726 g/mol. The van der Waals surface area contributed by atoms with Crippen LogP contribution in [-0.4, -0.2) is 36.9 Å². The monoisotopic (exact) mass is 776 g/mol. The minimum atomic E-state index is -4.97. The van der Waals surface area contributed by atoms with E-state index in [9.17, 15) is 0 Å². The molecule has 7 atom stereocenters. The van der Waals surface area contributed by atoms with Gasteiger partial charge >= 0.3 is 309 Å². The van der Waals surface area contributed by atoms with Gasteiger partial charge in [-0.2, -0.15) is 0 Å². The van der Waals surface area contributed by atoms with E-state index in [0.717, 1.165) is 58.2 Å². The first kappa shape index (κ1) is 28.4. The third-order valence-electron chi connectivity index (χ3n) is 26.2. The number of aromatic nitrogens is 4. The molecule has 4 aliphatic carbocycles. The van der Waals surface area contributed by atoms with E-state index in [1.165, 1.54) is 43.2 Å². The van der Waals surface area contributed by atoms with Gasteiger partial charge in [-0.05, 0) is 0 Å². The maximum atomic E-state index is 5.39. The van der Waals surface area contributed by atoms with Gasteiger partial charge in [0, 0.05) is 0 Å². The fourth-order valence-corrected chi connectivity index (χ4v) is 121. The summed E-state index contributed by atoms with van der Waals surface area (Å²) in [6, 6.07) is 24.9. The van der Waals surface area contributed by atoms with Gasteiger partial charge in [-0.25, -0.2) is 0 Å². The van der Waals surface area contributed by atoms with E-state index in [-0.39, 0.29) is 17.4 Å². The first-order chi connectivity index (χ1) is 25.5. The van der Waals surface area contributed by atoms with Crippen molar-refractivity contribution in [3.05, 3.63) is 120 Å². The fraction of sp³-hybridized carbons (Fsp3) is 0.565. The Hall–Kier alpha value is -2.02. The molecule has 4 nitrogen and oxygen atoms in total. The predicted octanol–water partition coefficient (Wildman–Crippen LogP) is 10.8. The van der Waals surface area contributed by atoms with E-state index < -0.39 is 6.51 Å². The van der Waals surface area contributed by atoms with Crippen LogP contribution in [0.1, 0.15) is 75.4 Å². The quantitative estimate of drug-likeness (QED) is 0.132. The molecule has 0 N–H and O–H groups in total. The van der Waals surface area contributed by atoms with Gasteiger partial charge in [0.1, 0.15) is 0 Å². The summed E-state index contributed by atoms with van der Waals surface area (Å²) in [6.07, 6.45) is 21.3. The summed E-state index contributed by atoms with van der Waals surface area (Å²) in [5, 5.41) is -0.0371. The zero-order valence-corrected chi connectivity index (χ0v) is 34.2. The SMILES string of the molecule is CC(C)(C)P(C[C]12[C]3(c4ccccc4)[C]4(c5ccccc5)[CH]5[C]1(C(P)(c1cnccn1)c1cnccn1)[Fe]54231678[CH]2[CH]1[CH]6[CH]7[CH]28)C1C2CC3CC(C2)CC1C3. The molecule has 4 saturated carbocycles. The van der Waals surface area contributed by atoms with Crippen LogP contribution >= 0.6 is 17.2 Å². The number of rotatable bonds is 8. The van der Waals surface area contributed by atoms with Crippen molar-refractivity contribution in [2.45, 2.75) is 115 Å². The van der Waals surface area contributed by atoms with Crippen molar-refractivity contribution in [2.24, 2.45) is 23.7 Å². The van der Waals surface area contributed by atoms with Gasteiger partial charge in [-0.3, -0.25) is 0 Å². The van der Waals surface area contributed by atoms with Crippen LogP contribution in [0.2, 0.25) is 37.5 Å². The second-order valence-electron chi connectivity index (χ2n) is 23.5. The summed E-state index contributed by atoms with van der Waals surface area (Å²) in [4.78, 5) is 26.5. The Bertz CT molecular complexity index is 2730. The number of benzene rings is 2. The Balaban J connectivity index is 1.03. The predicted molar refractivity (Wildman–Crippen MR) is 211 cm³/mol. The molecule has 0 amide bonds. The van der Waals surface area contributed by atoms with Crippen LogP contribution in [0.3, 0.4) is 0 Å². The number of hydrogen-bond donors (Lipinski definition) is 0. The Morgan fingerprint density at radius 3 is 1.66 bits per heavy atom. The molecule has 10 saturated heterocycles. The van der Waals surface area contributed by atoms with Crippen molar-refractivity contribution >= 4 is 17.2 Å². The standard InChI is InChI=1S/C41H45N4P2.C5H5.Fe/c1-40(2,3)47(39-31-19-27-18-28(21-31)22-32(39)20-27)26-34-35(41(46,36-24-42-14-16-44-36)37-25-43-15-17-45-37)23-33(29-10-6-4-7-11-29)38(34)30-12-8-5-9-13-30;1-2-4-5-3-1;/h4-17,23-25,27-28,31-32,39H,18-22,26,46H2,1-3H3;1-5H;. The van der Waals surface area contributed by atoms with Crippen LogP contribution in [0.4, 0.5) is 0 Å². The van der Waals surface area contributed by atoms with Gasteiger partial charge in [0.05, 0.1) is 0 Å². The molecule has 12 heterocycles. The molecule has 7 heteroatoms. The normalized spacial score (nSPS) is 61.9. The van der Waals surface area contributed by atoms with Gasteiger partial charge in [0.2, 0.25) is 0 Å². The summed E-state index contributed by atoms with van der Waals surface area (Å²) >= 11 is 0. The van der Waals surface area contributed by atoms with Crippen molar-refractivity contribution in [1.82, 2.24) is 19.9 Å². The molecule has 2 aromatic heterocycles. The van der Waals surface area contributed by atoms with Crippen LogP contribution in [0, 0.1) is 23.7 Å². The number of nitrogens with zero attached hydrogens (tertiary/aromatic N) is 4. The molecule has 7 unspecified atom stereocenters. The minimum absolute atomic E-state index is 0.234. The van der Waals surface area contributed by atoms with Crippen LogP contribution in [0.5, 0.6) is 0 Å². The molecule has 14 fully saturated rings. The van der Waals surface area contributed by atoms with E-state index in [2.05, 4.69) is 103 Å². The Morgan fingerprint density at radius 2 is 1.21 bits per heavy atom. The zero-order valence-electron chi connectivity index (χ0n) is 31.0. The fourth-order valence-electron chi connectivity index (χ4n) is 29.3. The van der Waals surface area contributed by atoms with Crippen molar-refractivity contribution in [1.29, 1.82) is 0 Å². The Morgan fingerprint density at radius 1 is 0.698 bits per heavy atom. The summed E-state index contributed by atoms with van der Waals surface area (Å²) in [7, 11) is 3.45. The molecule has 272 valence electrons. The van der Waals surface area contributed by atoms with Crippen molar-refractivity contribution in [3.8, 4) is 0 Å². The van der Waals surface area contributed by atoms with Gasteiger partial charge in [-0.1, -0.05) is 0 Å². The third kappa shape index (κ3) is 0.883. The Labute approximate surface area is 307 Å². The van der Waals surface area contributed by atoms with Crippen molar-refractivity contribution < 1.29 is 6.51 Å². The van der Waals surface area contributed by atoms with Crippen LogP contribution < -0.4 is 0 Å². The molecule has 10 aliphatic heterocycles. The molecule has 53 heavy (non-hydrogen) atoms. The third-order valence-corrected chi connectivity index (χ3v) is 76.2. The molecule has 18 rings (SSSR count). The van der Waals surface area contributed by atoms with Gasteiger partial charge < -0.3 is 0 Å². The van der Waals surface area contributed by atoms with Crippen LogP contribution in [0.15, 0.2) is 97.8 Å². The topological polar surface area (TPSA) is 51.6 Å². The van der Waals surface area contributed by atoms with Crippen molar-refractivity contribution in [3.63, 3.8) is 0 Å². The van der Waals surface area contributed by atoms with E-state index in [0.29, 0.717) is 18.1 Å². The second kappa shape index (κ2) is 5.12. The first-order valence-corrected chi connectivity index (χ1v) is 29.1. The van der Waals surface area contributed by atoms with Crippen molar-refractivity contribution in [2.75, 3.05) is 6.16 Å². The Kier molecular flexibility index (Phi) is 2.74. The molecule has 2 aromatic carbocycles. The number of hydrogen-bond acceptors (Lipinski definition) is 4. The summed E-state index contributed by atoms with van der Waals surface area (Å²) in [5.41, 5.74) is 6.84. The first-order valence-electron chi connectivity index (χ1n) is 20.9.